The summed E-state index contributed by atoms with van der Waals surface area (Å²) in [6, 6.07) is 65.5. The van der Waals surface area contributed by atoms with Gasteiger partial charge in [0, 0.05) is 43.3 Å². The van der Waals surface area contributed by atoms with Gasteiger partial charge in [-0.1, -0.05) is 197 Å². The molecule has 2 aliphatic heterocycles. The van der Waals surface area contributed by atoms with Crippen LogP contribution in [0.3, 0.4) is 0 Å². The number of para-hydroxylation sites is 2. The predicted octanol–water partition coefficient (Wildman–Crippen LogP) is 22.4. The second-order valence-corrected chi connectivity index (χ2v) is 34.7. The Hall–Kier alpha value is -8.30. The maximum atomic E-state index is 7.24. The third-order valence-corrected chi connectivity index (χ3v) is 22.7. The highest BCUT2D eigenvalue weighted by Gasteiger charge is 2.42. The van der Waals surface area contributed by atoms with E-state index in [-0.39, 0.29) is 39.2 Å². The number of nitrogens with zero attached hydrogens (tertiary/aromatic N) is 3. The third kappa shape index (κ3) is 8.96. The molecule has 0 unspecified atom stereocenters. The van der Waals surface area contributed by atoms with Gasteiger partial charge in [0.15, 0.2) is 0 Å². The van der Waals surface area contributed by atoms with Gasteiger partial charge in [-0.15, -0.1) is 22.7 Å². The Labute approximate surface area is 550 Å². The van der Waals surface area contributed by atoms with Crippen molar-refractivity contribution < 1.29 is 9.47 Å². The van der Waals surface area contributed by atoms with Gasteiger partial charge in [-0.3, -0.25) is 4.57 Å². The van der Waals surface area contributed by atoms with Crippen LogP contribution in [0.1, 0.15) is 158 Å². The van der Waals surface area contributed by atoms with E-state index < -0.39 is 0 Å². The lowest BCUT2D eigenvalue weighted by molar-refractivity contribution is 0.465. The van der Waals surface area contributed by atoms with Crippen molar-refractivity contribution in [2.75, 3.05) is 0 Å². The number of thiophene rings is 2. The van der Waals surface area contributed by atoms with Crippen LogP contribution < -0.4 is 25.9 Å². The average Bonchev–Trinajstić information content (AvgIpc) is 1.36. The van der Waals surface area contributed by atoms with Crippen molar-refractivity contribution in [3.05, 3.63) is 203 Å². The van der Waals surface area contributed by atoms with Gasteiger partial charge in [0.2, 0.25) is 0 Å². The van der Waals surface area contributed by atoms with Gasteiger partial charge in [0.25, 0.3) is 6.71 Å². The fourth-order valence-electron chi connectivity index (χ4n) is 14.7. The van der Waals surface area contributed by atoms with Crippen LogP contribution >= 0.6 is 22.7 Å². The second-order valence-electron chi connectivity index (χ2n) is 32.7. The van der Waals surface area contributed by atoms with Crippen molar-refractivity contribution in [3.8, 4) is 49.8 Å². The molecule has 14 aromatic rings. The molecule has 0 saturated heterocycles. The summed E-state index contributed by atoms with van der Waals surface area (Å²) in [6.07, 6.45) is 0. The predicted molar refractivity (Wildman–Crippen MR) is 398 cm³/mol. The minimum atomic E-state index is -0.0706. The number of benzene rings is 9. The van der Waals surface area contributed by atoms with E-state index in [0.29, 0.717) is 0 Å². The molecule has 8 heteroatoms. The Bertz CT molecular complexity index is 5190. The quantitative estimate of drug-likeness (QED) is 0.165. The zero-order valence-corrected chi connectivity index (χ0v) is 58.4. The first-order valence-corrected chi connectivity index (χ1v) is 34.6. The number of rotatable bonds is 4. The summed E-state index contributed by atoms with van der Waals surface area (Å²) in [6.45, 7) is 42.0. The number of hydrogen-bond donors (Lipinski definition) is 0. The SMILES string of the molecule is CC(C)(C)c1ccc2c(c1)c1cc(C(C)(C)C)ccc1n2-c1sc2c(-n3c4ccc(C(C)(C)C)cc4c4cc(C(C)(C)C)ccc43)c(-n3c4ccc(C(C)(C)C)cc4c4cc(C(C)(C)C)ccc43)sc2c1-c1cc2c3c(c1)Oc1ccccc1B3c1ccccc1O2. The minimum absolute atomic E-state index is 0.0574. The van der Waals surface area contributed by atoms with Crippen LogP contribution in [-0.2, 0) is 32.5 Å². The van der Waals surface area contributed by atoms with Gasteiger partial charge in [0.05, 0.1) is 48.2 Å². The molecule has 0 saturated carbocycles. The van der Waals surface area contributed by atoms with Crippen molar-refractivity contribution in [2.45, 2.75) is 157 Å². The van der Waals surface area contributed by atoms with Crippen LogP contribution in [0.5, 0.6) is 23.0 Å². The lowest BCUT2D eigenvalue weighted by Gasteiger charge is -2.33. The highest BCUT2D eigenvalue weighted by Crippen LogP contribution is 2.56. The Morgan fingerprint density at radius 3 is 0.924 bits per heavy atom. The van der Waals surface area contributed by atoms with E-state index in [9.17, 15) is 0 Å². The zero-order valence-electron chi connectivity index (χ0n) is 56.7. The van der Waals surface area contributed by atoms with E-state index in [1.54, 1.807) is 0 Å². The topological polar surface area (TPSA) is 33.2 Å². The van der Waals surface area contributed by atoms with Crippen molar-refractivity contribution in [1.82, 2.24) is 13.7 Å². The molecule has 16 rings (SSSR count). The first-order chi connectivity index (χ1) is 43.4. The van der Waals surface area contributed by atoms with Gasteiger partial charge in [-0.2, -0.15) is 0 Å². The first kappa shape index (κ1) is 58.8. The molecule has 5 aromatic heterocycles. The molecule has 0 fully saturated rings. The second kappa shape index (κ2) is 19.6. The minimum Gasteiger partial charge on any atom is -0.458 e. The lowest BCUT2D eigenvalue weighted by atomic mass is 9.35. The van der Waals surface area contributed by atoms with Gasteiger partial charge in [-0.25, -0.2) is 0 Å². The molecule has 9 aromatic carbocycles. The van der Waals surface area contributed by atoms with Gasteiger partial charge >= 0.3 is 0 Å². The summed E-state index contributed by atoms with van der Waals surface area (Å²) < 4.78 is 24.8. The van der Waals surface area contributed by atoms with Crippen LogP contribution in [0.25, 0.3) is 102 Å². The van der Waals surface area contributed by atoms with E-state index in [2.05, 4.69) is 308 Å². The molecule has 0 atom stereocenters. The zero-order chi connectivity index (χ0) is 64.4. The van der Waals surface area contributed by atoms with Crippen LogP contribution in [-0.4, -0.2) is 20.4 Å². The van der Waals surface area contributed by atoms with E-state index in [1.165, 1.54) is 119 Å². The van der Waals surface area contributed by atoms with Crippen molar-refractivity contribution in [3.63, 3.8) is 0 Å². The number of hydrogen-bond acceptors (Lipinski definition) is 4. The summed E-state index contributed by atoms with van der Waals surface area (Å²) in [4.78, 5) is 0. The van der Waals surface area contributed by atoms with E-state index in [4.69, 9.17) is 9.47 Å². The summed E-state index contributed by atoms with van der Waals surface area (Å²) in [7, 11) is 0. The Kier molecular flexibility index (Phi) is 12.5. The van der Waals surface area contributed by atoms with Crippen LogP contribution in [0.4, 0.5) is 0 Å². The third-order valence-electron chi connectivity index (χ3n) is 20.2. The molecule has 0 spiro atoms. The van der Waals surface area contributed by atoms with Crippen molar-refractivity contribution in [2.24, 2.45) is 0 Å². The van der Waals surface area contributed by atoms with Gasteiger partial charge in [-0.05, 0) is 179 Å². The molecule has 2 aliphatic rings. The molecule has 0 N–H and O–H groups in total. The van der Waals surface area contributed by atoms with E-state index in [0.717, 1.165) is 55.5 Å². The van der Waals surface area contributed by atoms with Crippen molar-refractivity contribution >= 4 is 121 Å². The van der Waals surface area contributed by atoms with Crippen molar-refractivity contribution in [1.29, 1.82) is 0 Å². The molecule has 92 heavy (non-hydrogen) atoms. The van der Waals surface area contributed by atoms with Crippen LogP contribution in [0.2, 0.25) is 0 Å². The number of ether oxygens (including phenoxy) is 2. The average molecular weight is 1240 g/mol. The summed E-state index contributed by atoms with van der Waals surface area (Å²) >= 11 is 3.85. The molecule has 0 amide bonds. The van der Waals surface area contributed by atoms with Crippen LogP contribution in [0.15, 0.2) is 170 Å². The van der Waals surface area contributed by atoms with E-state index >= 15 is 0 Å². The molecule has 5 nitrogen and oxygen atoms in total. The summed E-state index contributed by atoms with van der Waals surface area (Å²) in [5.41, 5.74) is 21.4. The smallest absolute Gasteiger partial charge is 0.260 e. The summed E-state index contributed by atoms with van der Waals surface area (Å²) in [5.74, 6) is 3.39. The first-order valence-electron chi connectivity index (χ1n) is 33.0. The highest BCUT2D eigenvalue weighted by molar-refractivity contribution is 7.32. The fraction of sp³-hybridized carbons (Fsp3) is 0.286. The molecule has 0 aliphatic carbocycles. The Morgan fingerprint density at radius 2 is 0.598 bits per heavy atom. The molecule has 7 heterocycles. The lowest BCUT2D eigenvalue weighted by Crippen LogP contribution is -2.57. The number of fused-ring (bicyclic) bond motifs is 14. The van der Waals surface area contributed by atoms with Gasteiger partial charge < -0.3 is 18.6 Å². The molecule has 0 bridgehead atoms. The molecular weight excluding hydrogens is 1160 g/mol. The summed E-state index contributed by atoms with van der Waals surface area (Å²) in [5, 5.41) is 9.89. The van der Waals surface area contributed by atoms with Crippen LogP contribution in [0, 0.1) is 0 Å². The normalized spacial score (nSPS) is 13.9. The number of aromatic nitrogens is 3. The fourth-order valence-corrected chi connectivity index (χ4v) is 17.7. The van der Waals surface area contributed by atoms with E-state index in [1.807, 2.05) is 22.7 Å². The monoisotopic (exact) mass is 1240 g/mol. The standard InChI is InChI=1S/C84H82BN3O2S2/c1-79(2,3)48-27-33-62-54(41-48)55-42-49(80(4,5)6)28-34-63(55)86(62)74-76-75(91-78(74)88-66-37-31-52(83(13,14)15)45-58(66)59-46-53(84(16,17)18)32-38-67(59)88)72(47-39-70-73-71(40-47)90-69-26-22-20-24-61(69)85(73)60-23-19-21-25-68(60)89-70)77(92-76)87-64-35-29-50(81(7,8)9)43-56(64)57-44-51(82(10,11)12)30-36-65(57)87/h19-46H,1-18H3. The molecular formula is C84H82BN3O2S2. The largest absolute Gasteiger partial charge is 0.458 e. The molecule has 460 valence electrons. The maximum absolute atomic E-state index is 7.24. The maximum Gasteiger partial charge on any atom is 0.260 e. The highest BCUT2D eigenvalue weighted by atomic mass is 32.1. The Balaban J connectivity index is 1.11. The molecule has 0 radical (unpaired) electrons. The van der Waals surface area contributed by atoms with Gasteiger partial charge in [0.1, 0.15) is 33.0 Å². The Morgan fingerprint density at radius 1 is 0.304 bits per heavy atom.